The number of nitrogens with two attached hydrogens (primary N) is 1. The average Bonchev–Trinajstić information content (AvgIpc) is 1.62. The highest BCUT2D eigenvalue weighted by Gasteiger charge is 2.40. The number of Topliss-reactive ketones (excluding diaryl/α,β-unsaturated/α-hetero) is 1. The molecule has 9 amide bonds. The van der Waals surface area contributed by atoms with Crippen molar-refractivity contribution in [1.82, 2.24) is 25.8 Å². The molecule has 30 nitrogen and oxygen atoms in total. The molecule has 0 aliphatic carbocycles. The summed E-state index contributed by atoms with van der Waals surface area (Å²) in [6, 6.07) is 25.2. The minimum atomic E-state index is -5.01. The summed E-state index contributed by atoms with van der Waals surface area (Å²) in [6.45, 7) is 8.39. The summed E-state index contributed by atoms with van der Waals surface area (Å²) in [5.41, 5.74) is 8.55. The van der Waals surface area contributed by atoms with Crippen molar-refractivity contribution in [1.29, 1.82) is 0 Å². The van der Waals surface area contributed by atoms with Gasteiger partial charge < -0.3 is 89.0 Å². The zero-order valence-electron chi connectivity index (χ0n) is 61.1. The summed E-state index contributed by atoms with van der Waals surface area (Å²) in [7, 11) is -2.00. The van der Waals surface area contributed by atoms with Gasteiger partial charge in [0.05, 0.1) is 112 Å². The van der Waals surface area contributed by atoms with Crippen molar-refractivity contribution in [2.75, 3.05) is 165 Å². The average molecular weight is 1610 g/mol. The number of carbonyl (C=O) groups excluding carboxylic acids is 9. The first kappa shape index (κ1) is 86.4. The lowest BCUT2D eigenvalue weighted by Crippen LogP contribution is -2.45. The molecule has 0 unspecified atom stereocenters. The topological polar surface area (TPSA) is 381 Å². The predicted molar refractivity (Wildman–Crippen MR) is 415 cm³/mol. The molecule has 0 radical (unpaired) electrons. The summed E-state index contributed by atoms with van der Waals surface area (Å²) >= 11 is 18.0. The number of alkyl halides is 2. The van der Waals surface area contributed by atoms with Gasteiger partial charge in [-0.05, 0) is 70.5 Å². The molecule has 4 atom stereocenters. The number of rotatable bonds is 45. The van der Waals surface area contributed by atoms with Gasteiger partial charge in [-0.2, -0.15) is 12.6 Å². The molecule has 0 fully saturated rings. The molecule has 8 rings (SSSR count). The number of primary amides is 1. The van der Waals surface area contributed by atoms with Crippen molar-refractivity contribution in [2.24, 2.45) is 17.6 Å². The van der Waals surface area contributed by atoms with Crippen LogP contribution in [-0.2, 0) is 63.5 Å². The summed E-state index contributed by atoms with van der Waals surface area (Å²) in [6.07, 6.45) is -1.19. The number of ketones is 1. The number of amides is 9. The Morgan fingerprint density at radius 2 is 1.12 bits per heavy atom. The molecule has 0 saturated heterocycles. The number of ether oxygens (including phenoxy) is 8. The Hall–Kier alpha value is -8.21. The van der Waals surface area contributed by atoms with Gasteiger partial charge in [0.1, 0.15) is 18.1 Å². The van der Waals surface area contributed by atoms with E-state index in [4.69, 9.17) is 71.4 Å². The van der Waals surface area contributed by atoms with Gasteiger partial charge in [0.25, 0.3) is 11.8 Å². The highest BCUT2D eigenvalue weighted by Crippen LogP contribution is 2.50. The third-order valence-corrected chi connectivity index (χ3v) is 20.3. The van der Waals surface area contributed by atoms with Crippen LogP contribution >= 0.6 is 55.0 Å². The summed E-state index contributed by atoms with van der Waals surface area (Å²) in [5.74, 6) is -3.67. The van der Waals surface area contributed by atoms with Gasteiger partial charge in [-0.15, -0.1) is 34.5 Å². The number of phosphoric ester groups is 1. The van der Waals surface area contributed by atoms with Gasteiger partial charge in [-0.3, -0.25) is 38.6 Å². The number of hydrogen-bond acceptors (Lipinski definition) is 21. The number of nitrogens with one attached hydrogen (secondary N) is 4. The Labute approximate surface area is 651 Å². The molecule has 592 valence electrons. The number of thiol groups is 1. The van der Waals surface area contributed by atoms with Crippen LogP contribution in [0.5, 0.6) is 11.5 Å². The Morgan fingerprint density at radius 1 is 0.633 bits per heavy atom. The Bertz CT molecular complexity index is 4160. The number of nitrogens with zero attached hydrogens (tertiary/aromatic N) is 4. The Balaban J connectivity index is 0.764. The zero-order valence-corrected chi connectivity index (χ0v) is 65.2. The molecule has 8 N–H and O–H groups in total. The van der Waals surface area contributed by atoms with Crippen molar-refractivity contribution >= 4 is 147 Å². The van der Waals surface area contributed by atoms with E-state index in [-0.39, 0.29) is 147 Å². The number of benzene rings is 5. The number of anilines is 3. The summed E-state index contributed by atoms with van der Waals surface area (Å²) < 4.78 is 61.8. The Kier molecular flexibility index (Phi) is 34.4. The van der Waals surface area contributed by atoms with Crippen LogP contribution in [0, 0.1) is 11.8 Å². The van der Waals surface area contributed by atoms with Crippen molar-refractivity contribution in [2.45, 2.75) is 64.0 Å². The number of halogens is 2. The van der Waals surface area contributed by atoms with Crippen LogP contribution in [0.1, 0.15) is 87.4 Å². The lowest BCUT2D eigenvalue weighted by Gasteiger charge is -2.24. The van der Waals surface area contributed by atoms with E-state index in [1.807, 2.05) is 12.1 Å². The van der Waals surface area contributed by atoms with E-state index in [1.54, 1.807) is 97.6 Å². The SMILES string of the molecule is CC(C)[C@H](NC(=O)CCOCCOCCOCCOCCOCCOCCNC(=O)CS)C(=O)C[C@@H](CCCNC(N)=O)C(=O)Nc1ccc(COC(=O)N(C)CCN(C)C(=O)Oc2cc3c(c4ccccc24)[C@H](CCl)CN3C(=O)c2ccc(C(=O)N3C[C@@H](CCl)c4c3cc(OP(=O)(O)O)c3ccccc43)s2)cc1. The van der Waals surface area contributed by atoms with Crippen LogP contribution in [0.15, 0.2) is 97.1 Å². The third-order valence-electron chi connectivity index (χ3n) is 17.8. The molecular weight excluding hydrogens is 1520 g/mol. The van der Waals surface area contributed by atoms with E-state index in [0.717, 1.165) is 22.5 Å². The lowest BCUT2D eigenvalue weighted by molar-refractivity contribution is -0.131. The molecular formula is C74H94Cl2N9O21PS2. The summed E-state index contributed by atoms with van der Waals surface area (Å²) in [4.78, 5) is 145. The van der Waals surface area contributed by atoms with Crippen molar-refractivity contribution in [3.8, 4) is 11.5 Å². The molecule has 6 aromatic rings. The highest BCUT2D eigenvalue weighted by atomic mass is 35.5. The first-order valence-corrected chi connectivity index (χ1v) is 39.6. The van der Waals surface area contributed by atoms with Crippen LogP contribution in [0.2, 0.25) is 0 Å². The molecule has 35 heteroatoms. The lowest BCUT2D eigenvalue weighted by atomic mass is 9.89. The largest absolute Gasteiger partial charge is 0.524 e. The maximum Gasteiger partial charge on any atom is 0.524 e. The van der Waals surface area contributed by atoms with Crippen molar-refractivity contribution in [3.63, 3.8) is 0 Å². The smallest absolute Gasteiger partial charge is 0.445 e. The van der Waals surface area contributed by atoms with Gasteiger partial charge in [0.2, 0.25) is 17.7 Å². The number of urea groups is 1. The van der Waals surface area contributed by atoms with Crippen LogP contribution < -0.4 is 46.1 Å². The summed E-state index contributed by atoms with van der Waals surface area (Å²) in [5, 5.41) is 13.2. The molecule has 0 spiro atoms. The van der Waals surface area contributed by atoms with Crippen LogP contribution in [-0.4, -0.2) is 229 Å². The maximum absolute atomic E-state index is 14.7. The molecule has 3 heterocycles. The van der Waals surface area contributed by atoms with E-state index in [2.05, 4.69) is 33.9 Å². The van der Waals surface area contributed by atoms with Gasteiger partial charge in [0, 0.05) is 124 Å². The van der Waals surface area contributed by atoms with E-state index in [1.165, 1.54) is 34.9 Å². The molecule has 2 aliphatic heterocycles. The standard InChI is InChI=1S/C74H94Cl2N9O21PS2/c1-47(2)68(81-64(87)21-26-98-28-30-100-32-34-102-36-37-103-35-33-101-31-29-99-27-23-78-65(88)46-108)59(86)38-49(10-9-22-79-72(77)92)69(89)80-52-17-15-48(16-18-52)45-104-73(93)82(3)24-25-83(4)74(94)105-60-39-57-66(55-13-7-5-11-53(55)60)50(41-75)43-84(57)70(90)62-19-20-63(109-62)71(91)85-44-51(42-76)67-56-14-8-6-12-54(56)61(40-58(67)85)106-107(95,96)97/h5-8,11-20,39-40,47,49-51,68,108H,9-10,21-38,41-46H2,1-4H3,(H,78,88)(H,80,89)(H,81,87)(H3,77,79,92)(H2,95,96,97)/t49-,50-,51-,68+/m1/s1. The van der Waals surface area contributed by atoms with E-state index in [0.29, 0.717) is 117 Å². The number of carbonyl (C=O) groups is 9. The van der Waals surface area contributed by atoms with E-state index < -0.39 is 61.6 Å². The first-order chi connectivity index (χ1) is 52.4. The predicted octanol–water partition coefficient (Wildman–Crippen LogP) is 8.83. The van der Waals surface area contributed by atoms with Gasteiger partial charge >= 0.3 is 26.0 Å². The zero-order chi connectivity index (χ0) is 78.6. The second-order valence-corrected chi connectivity index (χ2v) is 29.1. The number of phosphoric acid groups is 1. The minimum Gasteiger partial charge on any atom is -0.445 e. The van der Waals surface area contributed by atoms with Gasteiger partial charge in [-0.1, -0.05) is 74.5 Å². The molecule has 5 aromatic carbocycles. The van der Waals surface area contributed by atoms with Crippen LogP contribution in [0.25, 0.3) is 21.5 Å². The number of thiophene rings is 1. The van der Waals surface area contributed by atoms with Gasteiger partial charge in [-0.25, -0.2) is 18.9 Å². The second-order valence-electron chi connectivity index (χ2n) is 26.0. The van der Waals surface area contributed by atoms with Gasteiger partial charge in [0.15, 0.2) is 5.78 Å². The quantitative estimate of drug-likeness (QED) is 0.00765. The number of likely N-dealkylation sites (N-methyl/N-ethyl adjacent to an activating group) is 2. The number of hydrogen-bond donors (Lipinski definition) is 8. The number of fused-ring (bicyclic) bond motifs is 6. The van der Waals surface area contributed by atoms with Crippen molar-refractivity contribution in [3.05, 3.63) is 124 Å². The fraction of sp³-hybridized carbons (Fsp3) is 0.473. The fourth-order valence-electron chi connectivity index (χ4n) is 12.2. The monoisotopic (exact) mass is 1610 g/mol. The minimum absolute atomic E-state index is 0.0159. The molecule has 2 aliphatic rings. The molecule has 0 saturated carbocycles. The molecule has 0 bridgehead atoms. The van der Waals surface area contributed by atoms with E-state index >= 15 is 0 Å². The van der Waals surface area contributed by atoms with Crippen molar-refractivity contribution < 1.29 is 99.9 Å². The fourth-order valence-corrected chi connectivity index (χ4v) is 14.2. The van der Waals surface area contributed by atoms with Crippen LogP contribution in [0.3, 0.4) is 0 Å². The maximum atomic E-state index is 14.7. The van der Waals surface area contributed by atoms with E-state index in [9.17, 15) is 57.5 Å². The normalized spacial score (nSPS) is 14.4. The molecule has 1 aromatic heterocycles. The Morgan fingerprint density at radius 3 is 1.61 bits per heavy atom. The molecule has 109 heavy (non-hydrogen) atoms. The first-order valence-electron chi connectivity index (χ1n) is 35.5. The van der Waals surface area contributed by atoms with Crippen LogP contribution in [0.4, 0.5) is 31.4 Å². The second kappa shape index (κ2) is 43.4. The highest BCUT2D eigenvalue weighted by molar-refractivity contribution is 7.81. The third kappa shape index (κ3) is 25.7.